The predicted octanol–water partition coefficient (Wildman–Crippen LogP) is 1.51. The zero-order chi connectivity index (χ0) is 12.4. The van der Waals surface area contributed by atoms with Crippen molar-refractivity contribution in [3.63, 3.8) is 0 Å². The van der Waals surface area contributed by atoms with Gasteiger partial charge in [0.2, 0.25) is 0 Å². The smallest absolute Gasteiger partial charge is 0.296 e. The maximum Gasteiger partial charge on any atom is 0.296 e. The molecule has 3 rings (SSSR count). The van der Waals surface area contributed by atoms with E-state index in [-0.39, 0.29) is 0 Å². The van der Waals surface area contributed by atoms with Crippen LogP contribution in [0.15, 0.2) is 36.8 Å². The first-order valence-corrected chi connectivity index (χ1v) is 5.45. The SMILES string of the molecule is Nc1ccccc1COc1nc2ncncc2[nH]1. The summed E-state index contributed by atoms with van der Waals surface area (Å²) >= 11 is 0. The van der Waals surface area contributed by atoms with E-state index >= 15 is 0 Å². The Bertz CT molecular complexity index is 646. The molecular formula is C12H11N5O. The van der Waals surface area contributed by atoms with Gasteiger partial charge in [-0.2, -0.15) is 4.98 Å². The minimum Gasteiger partial charge on any atom is -0.460 e. The topological polar surface area (TPSA) is 89.7 Å². The molecule has 0 atom stereocenters. The van der Waals surface area contributed by atoms with Crippen LogP contribution in [0.5, 0.6) is 6.01 Å². The Morgan fingerprint density at radius 1 is 1.28 bits per heavy atom. The molecule has 6 nitrogen and oxygen atoms in total. The lowest BCUT2D eigenvalue weighted by Crippen LogP contribution is -2.00. The average molecular weight is 241 g/mol. The van der Waals surface area contributed by atoms with Gasteiger partial charge in [0.15, 0.2) is 5.65 Å². The van der Waals surface area contributed by atoms with Crippen LogP contribution >= 0.6 is 0 Å². The van der Waals surface area contributed by atoms with E-state index in [2.05, 4.69) is 19.9 Å². The van der Waals surface area contributed by atoms with Crippen molar-refractivity contribution in [2.75, 3.05) is 5.73 Å². The van der Waals surface area contributed by atoms with Gasteiger partial charge in [0, 0.05) is 11.3 Å². The molecule has 6 heteroatoms. The number of nitrogens with zero attached hydrogens (tertiary/aromatic N) is 3. The van der Waals surface area contributed by atoms with Gasteiger partial charge in [-0.3, -0.25) is 0 Å². The number of nitrogen functional groups attached to an aromatic ring is 1. The Balaban J connectivity index is 1.79. The van der Waals surface area contributed by atoms with Crippen LogP contribution in [0.25, 0.3) is 11.2 Å². The van der Waals surface area contributed by atoms with Crippen LogP contribution in [0, 0.1) is 0 Å². The Morgan fingerprint density at radius 2 is 2.17 bits per heavy atom. The van der Waals surface area contributed by atoms with Crippen molar-refractivity contribution >= 4 is 16.9 Å². The summed E-state index contributed by atoms with van der Waals surface area (Å²) in [5.74, 6) is 0. The maximum absolute atomic E-state index is 5.83. The van der Waals surface area contributed by atoms with Gasteiger partial charge in [-0.15, -0.1) is 0 Å². The van der Waals surface area contributed by atoms with Gasteiger partial charge >= 0.3 is 0 Å². The Morgan fingerprint density at radius 3 is 3.00 bits per heavy atom. The molecule has 0 saturated heterocycles. The summed E-state index contributed by atoms with van der Waals surface area (Å²) in [6, 6.07) is 7.96. The maximum atomic E-state index is 5.83. The van der Waals surface area contributed by atoms with Gasteiger partial charge < -0.3 is 15.5 Å². The van der Waals surface area contributed by atoms with E-state index < -0.39 is 0 Å². The molecule has 0 aliphatic carbocycles. The number of nitrogens with two attached hydrogens (primary N) is 1. The second-order valence-corrected chi connectivity index (χ2v) is 3.79. The summed E-state index contributed by atoms with van der Waals surface area (Å²) in [6.07, 6.45) is 3.10. The number of nitrogens with one attached hydrogen (secondary N) is 1. The van der Waals surface area contributed by atoms with Crippen molar-refractivity contribution in [3.05, 3.63) is 42.4 Å². The predicted molar refractivity (Wildman–Crippen MR) is 66.9 cm³/mol. The summed E-state index contributed by atoms with van der Waals surface area (Å²) in [5.41, 5.74) is 8.78. The first kappa shape index (κ1) is 10.5. The van der Waals surface area contributed by atoms with Crippen LogP contribution in [0.3, 0.4) is 0 Å². The Hall–Kier alpha value is -2.63. The molecular weight excluding hydrogens is 230 g/mol. The summed E-state index contributed by atoms with van der Waals surface area (Å²) in [4.78, 5) is 15.1. The number of hydrogen-bond donors (Lipinski definition) is 2. The van der Waals surface area contributed by atoms with Crippen LogP contribution in [-0.2, 0) is 6.61 Å². The number of imidazole rings is 1. The fourth-order valence-corrected chi connectivity index (χ4v) is 1.62. The van der Waals surface area contributed by atoms with Crippen molar-refractivity contribution in [2.24, 2.45) is 0 Å². The highest BCUT2D eigenvalue weighted by Crippen LogP contribution is 2.16. The quantitative estimate of drug-likeness (QED) is 0.678. The van der Waals surface area contributed by atoms with E-state index in [9.17, 15) is 0 Å². The molecule has 0 unspecified atom stereocenters. The molecule has 2 aromatic heterocycles. The van der Waals surface area contributed by atoms with Gasteiger partial charge in [-0.25, -0.2) is 9.97 Å². The van der Waals surface area contributed by atoms with Crippen molar-refractivity contribution < 1.29 is 4.74 Å². The largest absolute Gasteiger partial charge is 0.460 e. The van der Waals surface area contributed by atoms with Crippen molar-refractivity contribution in [3.8, 4) is 6.01 Å². The molecule has 90 valence electrons. The van der Waals surface area contributed by atoms with E-state index in [0.717, 1.165) is 11.1 Å². The molecule has 0 bridgehead atoms. The fraction of sp³-hybridized carbons (Fsp3) is 0.0833. The molecule has 0 aliphatic rings. The van der Waals surface area contributed by atoms with E-state index in [0.29, 0.717) is 24.0 Å². The highest BCUT2D eigenvalue weighted by molar-refractivity contribution is 5.69. The number of aromatic amines is 1. The molecule has 0 spiro atoms. The lowest BCUT2D eigenvalue weighted by molar-refractivity contribution is 0.285. The molecule has 3 aromatic rings. The number of rotatable bonds is 3. The average Bonchev–Trinajstić information content (AvgIpc) is 2.80. The number of anilines is 1. The number of hydrogen-bond acceptors (Lipinski definition) is 5. The molecule has 0 fully saturated rings. The minimum atomic E-state index is 0.361. The summed E-state index contributed by atoms with van der Waals surface area (Å²) < 4.78 is 5.54. The van der Waals surface area contributed by atoms with E-state index in [1.54, 1.807) is 6.20 Å². The highest BCUT2D eigenvalue weighted by atomic mass is 16.5. The molecule has 0 radical (unpaired) electrons. The fourth-order valence-electron chi connectivity index (χ4n) is 1.62. The third kappa shape index (κ3) is 1.95. The molecule has 18 heavy (non-hydrogen) atoms. The van der Waals surface area contributed by atoms with Gasteiger partial charge in [0.1, 0.15) is 18.5 Å². The van der Waals surface area contributed by atoms with Gasteiger partial charge in [0.05, 0.1) is 6.20 Å². The van der Waals surface area contributed by atoms with Crippen LogP contribution in [0.1, 0.15) is 5.56 Å². The Labute approximate surface area is 103 Å². The lowest BCUT2D eigenvalue weighted by Gasteiger charge is -2.05. The number of benzene rings is 1. The molecule has 0 amide bonds. The third-order valence-corrected chi connectivity index (χ3v) is 2.56. The third-order valence-electron chi connectivity index (χ3n) is 2.56. The number of aromatic nitrogens is 4. The summed E-state index contributed by atoms with van der Waals surface area (Å²) in [7, 11) is 0. The van der Waals surface area contributed by atoms with E-state index in [1.165, 1.54) is 6.33 Å². The number of para-hydroxylation sites is 1. The normalized spacial score (nSPS) is 10.7. The first-order chi connectivity index (χ1) is 8.83. The van der Waals surface area contributed by atoms with E-state index in [1.807, 2.05) is 24.3 Å². The van der Waals surface area contributed by atoms with Crippen LogP contribution < -0.4 is 10.5 Å². The van der Waals surface area contributed by atoms with Crippen molar-refractivity contribution in [1.29, 1.82) is 0 Å². The van der Waals surface area contributed by atoms with Crippen molar-refractivity contribution in [2.45, 2.75) is 6.61 Å². The van der Waals surface area contributed by atoms with Crippen LogP contribution in [0.4, 0.5) is 5.69 Å². The standard InChI is InChI=1S/C12H11N5O/c13-9-4-2-1-3-8(9)6-18-12-16-10-5-14-7-15-11(10)17-12/h1-5,7H,6,13H2,(H,14,15,16,17). The number of H-pyrrole nitrogens is 1. The van der Waals surface area contributed by atoms with Crippen LogP contribution in [0.2, 0.25) is 0 Å². The lowest BCUT2D eigenvalue weighted by atomic mass is 10.2. The first-order valence-electron chi connectivity index (χ1n) is 5.45. The van der Waals surface area contributed by atoms with Gasteiger partial charge in [-0.1, -0.05) is 18.2 Å². The van der Waals surface area contributed by atoms with Gasteiger partial charge in [-0.05, 0) is 6.07 Å². The monoisotopic (exact) mass is 241 g/mol. The second kappa shape index (κ2) is 4.33. The summed E-state index contributed by atoms with van der Waals surface area (Å²) in [6.45, 7) is 0.361. The highest BCUT2D eigenvalue weighted by Gasteiger charge is 2.05. The molecule has 1 aromatic carbocycles. The van der Waals surface area contributed by atoms with Gasteiger partial charge in [0.25, 0.3) is 6.01 Å². The second-order valence-electron chi connectivity index (χ2n) is 3.79. The molecule has 0 saturated carbocycles. The molecule has 3 N–H and O–H groups in total. The summed E-state index contributed by atoms with van der Waals surface area (Å²) in [5, 5.41) is 0. The zero-order valence-corrected chi connectivity index (χ0v) is 9.50. The minimum absolute atomic E-state index is 0.361. The zero-order valence-electron chi connectivity index (χ0n) is 9.50. The number of fused-ring (bicyclic) bond motifs is 1. The Kier molecular flexibility index (Phi) is 2.53. The molecule has 2 heterocycles. The van der Waals surface area contributed by atoms with Crippen LogP contribution in [-0.4, -0.2) is 19.9 Å². The van der Waals surface area contributed by atoms with Crippen molar-refractivity contribution in [1.82, 2.24) is 19.9 Å². The number of ether oxygens (including phenoxy) is 1. The molecule has 0 aliphatic heterocycles. The van der Waals surface area contributed by atoms with E-state index in [4.69, 9.17) is 10.5 Å².